The minimum Gasteiger partial charge on any atom is -0.485 e. The van der Waals surface area contributed by atoms with Gasteiger partial charge in [0.05, 0.1) is 5.69 Å². The highest BCUT2D eigenvalue weighted by Crippen LogP contribution is 2.33. The third-order valence-electron chi connectivity index (χ3n) is 4.55. The first-order valence-corrected chi connectivity index (χ1v) is 9.73. The molecule has 1 aliphatic rings. The van der Waals surface area contributed by atoms with Crippen LogP contribution in [0.3, 0.4) is 0 Å². The zero-order chi connectivity index (χ0) is 21.5. The molecule has 0 aliphatic carbocycles. The Bertz CT molecular complexity index is 947. The van der Waals surface area contributed by atoms with E-state index in [9.17, 15) is 18.8 Å². The van der Waals surface area contributed by atoms with Crippen LogP contribution in [0.15, 0.2) is 42.5 Å². The molecule has 1 N–H and O–H groups in total. The van der Waals surface area contributed by atoms with E-state index < -0.39 is 5.82 Å². The summed E-state index contributed by atoms with van der Waals surface area (Å²) in [5.41, 5.74) is 0.830. The summed E-state index contributed by atoms with van der Waals surface area (Å²) in [4.78, 5) is 38.0. The van der Waals surface area contributed by atoms with Crippen molar-refractivity contribution < 1.29 is 28.2 Å². The van der Waals surface area contributed by atoms with Gasteiger partial charge in [-0.15, -0.1) is 0 Å². The van der Waals surface area contributed by atoms with Crippen LogP contribution in [0.1, 0.15) is 30.1 Å². The van der Waals surface area contributed by atoms with E-state index in [0.29, 0.717) is 42.9 Å². The van der Waals surface area contributed by atoms with Gasteiger partial charge >= 0.3 is 0 Å². The van der Waals surface area contributed by atoms with Crippen LogP contribution in [0.5, 0.6) is 11.5 Å². The molecule has 0 fully saturated rings. The predicted octanol–water partition coefficient (Wildman–Crippen LogP) is 2.73. The van der Waals surface area contributed by atoms with Crippen LogP contribution in [0.2, 0.25) is 0 Å². The topological polar surface area (TPSA) is 84.9 Å². The molecule has 0 aromatic heterocycles. The van der Waals surface area contributed by atoms with E-state index >= 15 is 0 Å². The first kappa shape index (κ1) is 21.3. The number of nitrogens with zero attached hydrogens (tertiary/aromatic N) is 1. The maximum absolute atomic E-state index is 13.2. The highest BCUT2D eigenvalue weighted by molar-refractivity contribution is 6.02. The van der Waals surface area contributed by atoms with Crippen molar-refractivity contribution in [2.45, 2.75) is 19.8 Å². The van der Waals surface area contributed by atoms with Crippen LogP contribution in [-0.2, 0) is 9.59 Å². The summed E-state index contributed by atoms with van der Waals surface area (Å²) in [6.45, 7) is 2.37. The molecule has 30 heavy (non-hydrogen) atoms. The van der Waals surface area contributed by atoms with E-state index in [1.54, 1.807) is 24.3 Å². The summed E-state index contributed by atoms with van der Waals surface area (Å²) in [5.74, 6) is -0.326. The minimum absolute atomic E-state index is 0.0724. The number of carbonyl (C=O) groups excluding carboxylic acids is 3. The second-order valence-corrected chi connectivity index (χ2v) is 6.74. The van der Waals surface area contributed by atoms with Crippen molar-refractivity contribution in [1.29, 1.82) is 0 Å². The smallest absolute Gasteiger partial charge is 0.265 e. The normalized spacial score (nSPS) is 12.7. The third-order valence-corrected chi connectivity index (χ3v) is 4.55. The van der Waals surface area contributed by atoms with E-state index in [2.05, 4.69) is 5.32 Å². The van der Waals surface area contributed by atoms with Crippen LogP contribution in [0, 0.1) is 5.82 Å². The van der Waals surface area contributed by atoms with Crippen LogP contribution in [-0.4, -0.2) is 43.9 Å². The van der Waals surface area contributed by atoms with E-state index in [1.165, 1.54) is 23.1 Å². The number of amides is 2. The molecular weight excluding hydrogens is 391 g/mol. The monoisotopic (exact) mass is 414 g/mol. The molecule has 0 saturated carbocycles. The summed E-state index contributed by atoms with van der Waals surface area (Å²) < 4.78 is 24.1. The van der Waals surface area contributed by atoms with E-state index in [1.807, 2.05) is 6.92 Å². The second-order valence-electron chi connectivity index (χ2n) is 6.74. The fourth-order valence-electron chi connectivity index (χ4n) is 3.09. The van der Waals surface area contributed by atoms with Gasteiger partial charge in [0.15, 0.2) is 19.0 Å². The van der Waals surface area contributed by atoms with Gasteiger partial charge in [0.2, 0.25) is 5.91 Å². The lowest BCUT2D eigenvalue weighted by Crippen LogP contribution is -2.40. The predicted molar refractivity (Wildman–Crippen MR) is 108 cm³/mol. The lowest BCUT2D eigenvalue weighted by molar-refractivity contribution is -0.122. The van der Waals surface area contributed by atoms with E-state index in [4.69, 9.17) is 9.47 Å². The minimum atomic E-state index is -0.451. The number of hydrogen-bond donors (Lipinski definition) is 1. The zero-order valence-electron chi connectivity index (χ0n) is 16.7. The zero-order valence-corrected chi connectivity index (χ0v) is 16.7. The summed E-state index contributed by atoms with van der Waals surface area (Å²) >= 11 is 0. The Morgan fingerprint density at radius 1 is 1.23 bits per heavy atom. The number of ether oxygens (including phenoxy) is 2. The number of carbonyl (C=O) groups is 3. The second kappa shape index (κ2) is 9.87. The molecular formula is C22H23FN2O5. The number of halogens is 1. The number of rotatable bonds is 9. The number of anilines is 1. The summed E-state index contributed by atoms with van der Waals surface area (Å²) in [6.07, 6.45) is 0.784. The van der Waals surface area contributed by atoms with Crippen molar-refractivity contribution in [3.63, 3.8) is 0 Å². The van der Waals surface area contributed by atoms with Gasteiger partial charge in [0, 0.05) is 31.1 Å². The van der Waals surface area contributed by atoms with Gasteiger partial charge in [-0.2, -0.15) is 0 Å². The van der Waals surface area contributed by atoms with Crippen LogP contribution in [0.4, 0.5) is 10.1 Å². The molecule has 2 aromatic rings. The van der Waals surface area contributed by atoms with Gasteiger partial charge in [-0.25, -0.2) is 4.39 Å². The molecule has 3 rings (SSSR count). The van der Waals surface area contributed by atoms with Crippen molar-refractivity contribution in [3.8, 4) is 11.5 Å². The molecule has 0 bridgehead atoms. The number of Topliss-reactive ketones (excluding diaryl/α,β-unsaturated/α-hetero) is 1. The van der Waals surface area contributed by atoms with Crippen LogP contribution < -0.4 is 19.7 Å². The summed E-state index contributed by atoms with van der Waals surface area (Å²) in [7, 11) is 0. The van der Waals surface area contributed by atoms with E-state index in [0.717, 1.165) is 0 Å². The lowest BCUT2D eigenvalue weighted by atomic mass is 10.1. The number of ketones is 1. The fraction of sp³-hybridized carbons (Fsp3) is 0.318. The highest BCUT2D eigenvalue weighted by atomic mass is 19.1. The summed E-state index contributed by atoms with van der Waals surface area (Å²) in [5, 5.41) is 2.72. The van der Waals surface area contributed by atoms with Crippen molar-refractivity contribution in [2.24, 2.45) is 0 Å². The Morgan fingerprint density at radius 2 is 2.07 bits per heavy atom. The molecule has 0 radical (unpaired) electrons. The molecule has 0 unspecified atom stereocenters. The fourth-order valence-corrected chi connectivity index (χ4v) is 3.09. The Labute approximate surface area is 173 Å². The maximum atomic E-state index is 13.2. The standard InChI is InChI=1S/C22H23FN2O5/c1-2-24-21(27)7-4-10-25-18-11-15(8-9-20(18)30-14-22(25)28)19(26)13-29-17-6-3-5-16(23)12-17/h3,5-6,8-9,11-12H,2,4,7,10,13-14H2,1H3,(H,24,27). The van der Waals surface area contributed by atoms with Gasteiger partial charge in [0.1, 0.15) is 17.3 Å². The maximum Gasteiger partial charge on any atom is 0.265 e. The van der Waals surface area contributed by atoms with Gasteiger partial charge in [0.25, 0.3) is 5.91 Å². The van der Waals surface area contributed by atoms with Gasteiger partial charge in [-0.05, 0) is 43.7 Å². The first-order valence-electron chi connectivity index (χ1n) is 9.73. The number of benzene rings is 2. The average molecular weight is 414 g/mol. The van der Waals surface area contributed by atoms with Crippen molar-refractivity contribution in [2.75, 3.05) is 31.2 Å². The molecule has 0 atom stereocenters. The third kappa shape index (κ3) is 5.34. The quantitative estimate of drug-likeness (QED) is 0.638. The SMILES string of the molecule is CCNC(=O)CCCN1C(=O)COc2ccc(C(=O)COc3cccc(F)c3)cc21. The molecule has 8 heteroatoms. The first-order chi connectivity index (χ1) is 14.5. The molecule has 1 heterocycles. The Balaban J connectivity index is 1.68. The Hall–Kier alpha value is -3.42. The highest BCUT2D eigenvalue weighted by Gasteiger charge is 2.26. The van der Waals surface area contributed by atoms with E-state index in [-0.39, 0.29) is 36.6 Å². The molecule has 2 aromatic carbocycles. The molecule has 158 valence electrons. The molecule has 1 aliphatic heterocycles. The number of hydrogen-bond acceptors (Lipinski definition) is 5. The largest absolute Gasteiger partial charge is 0.485 e. The van der Waals surface area contributed by atoms with Crippen molar-refractivity contribution in [1.82, 2.24) is 5.32 Å². The van der Waals surface area contributed by atoms with Crippen LogP contribution in [0.25, 0.3) is 0 Å². The average Bonchev–Trinajstić information content (AvgIpc) is 2.73. The van der Waals surface area contributed by atoms with Crippen LogP contribution >= 0.6 is 0 Å². The Kier molecular flexibility index (Phi) is 7.00. The lowest BCUT2D eigenvalue weighted by Gasteiger charge is -2.29. The van der Waals surface area contributed by atoms with Gasteiger partial charge < -0.3 is 19.7 Å². The number of fused-ring (bicyclic) bond motifs is 1. The molecule has 0 saturated heterocycles. The van der Waals surface area contributed by atoms with Gasteiger partial charge in [-0.1, -0.05) is 6.07 Å². The Morgan fingerprint density at radius 3 is 2.83 bits per heavy atom. The molecule has 0 spiro atoms. The van der Waals surface area contributed by atoms with Crippen molar-refractivity contribution >= 4 is 23.3 Å². The molecule has 2 amide bonds. The number of nitrogens with one attached hydrogen (secondary N) is 1. The summed E-state index contributed by atoms with van der Waals surface area (Å²) in [6, 6.07) is 10.4. The molecule has 7 nitrogen and oxygen atoms in total. The van der Waals surface area contributed by atoms with Crippen molar-refractivity contribution in [3.05, 3.63) is 53.8 Å². The van der Waals surface area contributed by atoms with Gasteiger partial charge in [-0.3, -0.25) is 14.4 Å².